The van der Waals surface area contributed by atoms with Gasteiger partial charge in [0.15, 0.2) is 0 Å². The number of aliphatic hydroxyl groups is 1. The number of aromatic nitrogens is 1. The second kappa shape index (κ2) is 3.53. The van der Waals surface area contributed by atoms with Crippen molar-refractivity contribution in [3.63, 3.8) is 0 Å². The number of alkyl halides is 2. The van der Waals surface area contributed by atoms with Gasteiger partial charge in [0.25, 0.3) is 6.43 Å². The fourth-order valence-electron chi connectivity index (χ4n) is 0.902. The normalized spacial score (nSPS) is 10.8. The third kappa shape index (κ3) is 1.83. The van der Waals surface area contributed by atoms with Crippen LogP contribution in [0.15, 0.2) is 10.9 Å². The monoisotopic (exact) mass is 190 g/mol. The lowest BCUT2D eigenvalue weighted by atomic mass is 10.2. The van der Waals surface area contributed by atoms with E-state index >= 15 is 0 Å². The predicted octanol–water partition coefficient (Wildman–Crippen LogP) is 0.387. The first kappa shape index (κ1) is 9.66. The van der Waals surface area contributed by atoms with Gasteiger partial charge in [-0.05, 0) is 0 Å². The summed E-state index contributed by atoms with van der Waals surface area (Å²) in [6.07, 6.45) is -2.85. The van der Waals surface area contributed by atoms with Gasteiger partial charge in [-0.1, -0.05) is 0 Å². The van der Waals surface area contributed by atoms with E-state index in [9.17, 15) is 13.6 Å². The molecular formula is C7H8F2N2O2. The molecule has 72 valence electrons. The van der Waals surface area contributed by atoms with Crippen LogP contribution >= 0.6 is 0 Å². The minimum absolute atomic E-state index is 0.0227. The van der Waals surface area contributed by atoms with Gasteiger partial charge >= 0.3 is 0 Å². The summed E-state index contributed by atoms with van der Waals surface area (Å²) in [6, 6.07) is 0.987. The van der Waals surface area contributed by atoms with Gasteiger partial charge in [0.05, 0.1) is 6.61 Å². The van der Waals surface area contributed by atoms with Crippen LogP contribution in [-0.2, 0) is 6.61 Å². The van der Waals surface area contributed by atoms with Gasteiger partial charge in [-0.15, -0.1) is 0 Å². The summed E-state index contributed by atoms with van der Waals surface area (Å²) in [5.74, 6) is 0. The van der Waals surface area contributed by atoms with Gasteiger partial charge in [-0.3, -0.25) is 4.79 Å². The Bertz CT molecular complexity index is 362. The van der Waals surface area contributed by atoms with Gasteiger partial charge in [0.1, 0.15) is 11.4 Å². The van der Waals surface area contributed by atoms with E-state index in [-0.39, 0.29) is 5.69 Å². The maximum atomic E-state index is 12.2. The molecule has 4 N–H and O–H groups in total. The van der Waals surface area contributed by atoms with Crippen LogP contribution in [-0.4, -0.2) is 10.1 Å². The molecule has 0 unspecified atom stereocenters. The zero-order valence-corrected chi connectivity index (χ0v) is 6.55. The smallest absolute Gasteiger partial charge is 0.280 e. The van der Waals surface area contributed by atoms with Crippen molar-refractivity contribution in [2.24, 2.45) is 0 Å². The van der Waals surface area contributed by atoms with E-state index in [4.69, 9.17) is 10.8 Å². The van der Waals surface area contributed by atoms with Crippen LogP contribution in [0.5, 0.6) is 0 Å². The molecular weight excluding hydrogens is 182 g/mol. The van der Waals surface area contributed by atoms with Crippen LogP contribution in [0.4, 0.5) is 14.5 Å². The van der Waals surface area contributed by atoms with Crippen molar-refractivity contribution in [2.75, 3.05) is 5.73 Å². The Morgan fingerprint density at radius 1 is 1.62 bits per heavy atom. The number of anilines is 1. The number of hydrogen-bond donors (Lipinski definition) is 3. The number of rotatable bonds is 2. The maximum Gasteiger partial charge on any atom is 0.280 e. The molecule has 0 atom stereocenters. The molecule has 1 heterocycles. The van der Waals surface area contributed by atoms with E-state index in [1.807, 2.05) is 0 Å². The first-order valence-corrected chi connectivity index (χ1v) is 3.47. The Labute approximate surface area is 72.0 Å². The molecule has 13 heavy (non-hydrogen) atoms. The summed E-state index contributed by atoms with van der Waals surface area (Å²) in [5, 5.41) is 8.60. The van der Waals surface area contributed by atoms with Gasteiger partial charge in [-0.25, -0.2) is 8.78 Å². The Hall–Kier alpha value is -1.43. The number of hydrogen-bond acceptors (Lipinski definition) is 3. The molecule has 0 aliphatic carbocycles. The lowest BCUT2D eigenvalue weighted by molar-refractivity contribution is 0.146. The van der Waals surface area contributed by atoms with Gasteiger partial charge < -0.3 is 15.8 Å². The van der Waals surface area contributed by atoms with Crippen LogP contribution in [0.25, 0.3) is 0 Å². The Morgan fingerprint density at radius 2 is 2.23 bits per heavy atom. The summed E-state index contributed by atoms with van der Waals surface area (Å²) in [4.78, 5) is 13.1. The van der Waals surface area contributed by atoms with E-state index in [1.165, 1.54) is 0 Å². The standard InChI is InChI=1S/C7H8F2N2O2/c8-7(9)6-5(10)4(13)1-3(2-12)11-6/h1,7,12H,2,10H2,(H,11,13). The lowest BCUT2D eigenvalue weighted by Gasteiger charge is -2.05. The summed E-state index contributed by atoms with van der Waals surface area (Å²) >= 11 is 0. The van der Waals surface area contributed by atoms with E-state index in [2.05, 4.69) is 4.98 Å². The van der Waals surface area contributed by atoms with Crippen molar-refractivity contribution in [1.29, 1.82) is 0 Å². The highest BCUT2D eigenvalue weighted by Crippen LogP contribution is 2.19. The zero-order chi connectivity index (χ0) is 10.0. The topological polar surface area (TPSA) is 79.1 Å². The molecule has 0 saturated carbocycles. The number of nitrogens with two attached hydrogens (primary N) is 1. The average Bonchev–Trinajstić information content (AvgIpc) is 2.09. The molecule has 0 saturated heterocycles. The fourth-order valence-corrected chi connectivity index (χ4v) is 0.902. The highest BCUT2D eigenvalue weighted by Gasteiger charge is 2.14. The van der Waals surface area contributed by atoms with Gasteiger partial charge in [0.2, 0.25) is 5.43 Å². The molecule has 0 amide bonds. The minimum Gasteiger partial charge on any atom is -0.394 e. The third-order valence-electron chi connectivity index (χ3n) is 1.54. The minimum atomic E-state index is -2.85. The lowest BCUT2D eigenvalue weighted by Crippen LogP contribution is -2.14. The average molecular weight is 190 g/mol. The number of nitrogens with one attached hydrogen (secondary N) is 1. The molecule has 0 aromatic carbocycles. The number of pyridine rings is 1. The summed E-state index contributed by atoms with van der Waals surface area (Å²) in [5.41, 5.74) is 3.27. The number of aliphatic hydroxyl groups excluding tert-OH is 1. The number of nitrogen functional groups attached to an aromatic ring is 1. The molecule has 1 aromatic rings. The molecule has 0 bridgehead atoms. The maximum absolute atomic E-state index is 12.2. The van der Waals surface area contributed by atoms with Crippen molar-refractivity contribution in [3.8, 4) is 0 Å². The Balaban J connectivity index is 3.33. The van der Waals surface area contributed by atoms with Crippen LogP contribution in [0.2, 0.25) is 0 Å². The van der Waals surface area contributed by atoms with E-state index in [0.29, 0.717) is 0 Å². The van der Waals surface area contributed by atoms with Gasteiger partial charge in [0, 0.05) is 11.8 Å². The quantitative estimate of drug-likeness (QED) is 0.631. The number of halogens is 2. The van der Waals surface area contributed by atoms with Crippen molar-refractivity contribution >= 4 is 5.69 Å². The van der Waals surface area contributed by atoms with Crippen molar-refractivity contribution in [3.05, 3.63) is 27.7 Å². The molecule has 0 radical (unpaired) electrons. The third-order valence-corrected chi connectivity index (χ3v) is 1.54. The molecule has 0 aliphatic heterocycles. The molecule has 1 rings (SSSR count). The zero-order valence-electron chi connectivity index (χ0n) is 6.55. The van der Waals surface area contributed by atoms with E-state index in [0.717, 1.165) is 6.07 Å². The molecule has 6 heteroatoms. The number of aromatic amines is 1. The molecule has 0 aliphatic rings. The SMILES string of the molecule is Nc1c(C(F)F)[nH]c(CO)cc1=O. The Kier molecular flexibility index (Phi) is 2.62. The van der Waals surface area contributed by atoms with Gasteiger partial charge in [-0.2, -0.15) is 0 Å². The second-order valence-corrected chi connectivity index (χ2v) is 2.44. The summed E-state index contributed by atoms with van der Waals surface area (Å²) in [7, 11) is 0. The molecule has 0 fully saturated rings. The molecule has 4 nitrogen and oxygen atoms in total. The van der Waals surface area contributed by atoms with Crippen molar-refractivity contribution in [2.45, 2.75) is 13.0 Å². The predicted molar refractivity (Wildman–Crippen MR) is 42.4 cm³/mol. The molecule has 0 spiro atoms. The fraction of sp³-hybridized carbons (Fsp3) is 0.286. The van der Waals surface area contributed by atoms with E-state index < -0.39 is 29.8 Å². The second-order valence-electron chi connectivity index (χ2n) is 2.44. The van der Waals surface area contributed by atoms with Crippen molar-refractivity contribution < 1.29 is 13.9 Å². The molecule has 1 aromatic heterocycles. The van der Waals surface area contributed by atoms with Crippen LogP contribution < -0.4 is 11.2 Å². The highest BCUT2D eigenvalue weighted by atomic mass is 19.3. The highest BCUT2D eigenvalue weighted by molar-refractivity contribution is 5.43. The van der Waals surface area contributed by atoms with E-state index in [1.54, 1.807) is 0 Å². The first-order chi connectivity index (χ1) is 6.06. The summed E-state index contributed by atoms with van der Waals surface area (Å²) < 4.78 is 24.4. The van der Waals surface area contributed by atoms with Crippen LogP contribution in [0.1, 0.15) is 17.8 Å². The largest absolute Gasteiger partial charge is 0.394 e. The van der Waals surface area contributed by atoms with Crippen LogP contribution in [0, 0.1) is 0 Å². The summed E-state index contributed by atoms with van der Waals surface area (Å²) in [6.45, 7) is -0.505. The number of H-pyrrole nitrogens is 1. The van der Waals surface area contributed by atoms with Crippen LogP contribution in [0.3, 0.4) is 0 Å². The van der Waals surface area contributed by atoms with Crippen molar-refractivity contribution in [1.82, 2.24) is 4.98 Å². The first-order valence-electron chi connectivity index (χ1n) is 3.47. The Morgan fingerprint density at radius 3 is 2.69 bits per heavy atom.